The molecule has 1 nitrogen and oxygen atoms in total. The molecule has 0 bridgehead atoms. The first-order valence-corrected chi connectivity index (χ1v) is 5.77. The molecule has 18 heavy (non-hydrogen) atoms. The Labute approximate surface area is 109 Å². The van der Waals surface area contributed by atoms with Crippen LogP contribution in [0.25, 0.3) is 0 Å². The van der Waals surface area contributed by atoms with Gasteiger partial charge in [-0.1, -0.05) is 17.7 Å². The van der Waals surface area contributed by atoms with Gasteiger partial charge in [0.2, 0.25) is 0 Å². The van der Waals surface area contributed by atoms with Gasteiger partial charge in [-0.05, 0) is 48.4 Å². The Morgan fingerprint density at radius 2 is 1.89 bits per heavy atom. The number of aryl methyl sites for hydroxylation is 1. The Kier molecular flexibility index (Phi) is 3.82. The molecule has 94 valence electrons. The zero-order valence-electron chi connectivity index (χ0n) is 9.71. The van der Waals surface area contributed by atoms with Crippen LogP contribution in [0, 0.1) is 18.6 Å². The number of hydrogen-bond donors (Lipinski definition) is 0. The Morgan fingerprint density at radius 3 is 2.56 bits per heavy atom. The van der Waals surface area contributed by atoms with E-state index in [1.807, 2.05) is 0 Å². The largest absolute Gasteiger partial charge is 0.489 e. The molecule has 0 aliphatic rings. The predicted octanol–water partition coefficient (Wildman–Crippen LogP) is 4.51. The summed E-state index contributed by atoms with van der Waals surface area (Å²) in [6.45, 7) is 1.96. The van der Waals surface area contributed by atoms with Crippen molar-refractivity contribution >= 4 is 11.6 Å². The molecule has 0 radical (unpaired) electrons. The Hall–Kier alpha value is -1.61. The first-order valence-electron chi connectivity index (χ1n) is 5.39. The molecule has 0 atom stereocenters. The highest BCUT2D eigenvalue weighted by atomic mass is 35.5. The third-order valence-electron chi connectivity index (χ3n) is 2.52. The average Bonchev–Trinajstić information content (AvgIpc) is 2.32. The first-order chi connectivity index (χ1) is 8.56. The molecule has 0 heterocycles. The molecule has 0 saturated carbocycles. The summed E-state index contributed by atoms with van der Waals surface area (Å²) in [5, 5.41) is 0.0803. The van der Waals surface area contributed by atoms with Crippen LogP contribution in [0.4, 0.5) is 8.78 Å². The van der Waals surface area contributed by atoms with Gasteiger partial charge >= 0.3 is 0 Å². The third-order valence-corrected chi connectivity index (χ3v) is 2.82. The Balaban J connectivity index is 2.09. The van der Waals surface area contributed by atoms with Crippen LogP contribution >= 0.6 is 11.6 Å². The number of ether oxygens (including phenoxy) is 1. The van der Waals surface area contributed by atoms with E-state index in [0.717, 1.165) is 0 Å². The zero-order valence-corrected chi connectivity index (χ0v) is 10.5. The molecule has 4 heteroatoms. The van der Waals surface area contributed by atoms with Gasteiger partial charge in [-0.2, -0.15) is 0 Å². The minimum absolute atomic E-state index is 0.0803. The standard InChI is InChI=1S/C14H11ClF2O/c1-9-6-11(16)3-5-14(9)18-8-10-2-4-12(15)13(17)7-10/h2-7H,8H2,1H3. The van der Waals surface area contributed by atoms with Crippen LogP contribution in [0.3, 0.4) is 0 Å². The van der Waals surface area contributed by atoms with Crippen molar-refractivity contribution < 1.29 is 13.5 Å². The monoisotopic (exact) mass is 268 g/mol. The van der Waals surface area contributed by atoms with Gasteiger partial charge in [-0.15, -0.1) is 0 Å². The lowest BCUT2D eigenvalue weighted by Gasteiger charge is -2.09. The number of rotatable bonds is 3. The van der Waals surface area contributed by atoms with Crippen molar-refractivity contribution in [1.29, 1.82) is 0 Å². The van der Waals surface area contributed by atoms with Crippen LogP contribution in [-0.2, 0) is 6.61 Å². The molecule has 0 unspecified atom stereocenters. The van der Waals surface area contributed by atoms with Gasteiger partial charge in [-0.3, -0.25) is 0 Å². The van der Waals surface area contributed by atoms with Crippen LogP contribution < -0.4 is 4.74 Å². The van der Waals surface area contributed by atoms with E-state index in [4.69, 9.17) is 16.3 Å². The molecule has 0 fully saturated rings. The van der Waals surface area contributed by atoms with E-state index < -0.39 is 5.82 Å². The Bertz CT molecular complexity index is 570. The van der Waals surface area contributed by atoms with Gasteiger partial charge in [0.15, 0.2) is 0 Å². The van der Waals surface area contributed by atoms with Gasteiger partial charge < -0.3 is 4.74 Å². The van der Waals surface area contributed by atoms with Crippen molar-refractivity contribution in [3.05, 3.63) is 64.2 Å². The third kappa shape index (κ3) is 2.99. The first kappa shape index (κ1) is 12.8. The van der Waals surface area contributed by atoms with E-state index in [-0.39, 0.29) is 17.4 Å². The van der Waals surface area contributed by atoms with Crippen LogP contribution in [0.5, 0.6) is 5.75 Å². The molecule has 0 amide bonds. The Morgan fingerprint density at radius 1 is 1.11 bits per heavy atom. The fourth-order valence-corrected chi connectivity index (χ4v) is 1.68. The molecule has 0 saturated heterocycles. The molecule has 0 aliphatic heterocycles. The van der Waals surface area contributed by atoms with Crippen molar-refractivity contribution in [2.75, 3.05) is 0 Å². The van der Waals surface area contributed by atoms with Crippen LogP contribution in [-0.4, -0.2) is 0 Å². The van der Waals surface area contributed by atoms with Crippen molar-refractivity contribution in [2.45, 2.75) is 13.5 Å². The summed E-state index contributed by atoms with van der Waals surface area (Å²) in [6, 6.07) is 8.75. The maximum atomic E-state index is 13.2. The molecule has 0 N–H and O–H groups in total. The predicted molar refractivity (Wildman–Crippen MR) is 66.9 cm³/mol. The zero-order chi connectivity index (χ0) is 13.1. The molecular weight excluding hydrogens is 258 g/mol. The number of halogens is 3. The summed E-state index contributed by atoms with van der Waals surface area (Å²) < 4.78 is 31.6. The van der Waals surface area contributed by atoms with E-state index in [2.05, 4.69) is 0 Å². The van der Waals surface area contributed by atoms with Crippen molar-refractivity contribution in [2.24, 2.45) is 0 Å². The summed E-state index contributed by atoms with van der Waals surface area (Å²) in [6.07, 6.45) is 0. The molecule has 2 aromatic carbocycles. The molecule has 0 aliphatic carbocycles. The van der Waals surface area contributed by atoms with Crippen molar-refractivity contribution in [3.8, 4) is 5.75 Å². The minimum Gasteiger partial charge on any atom is -0.489 e. The molecular formula is C14H11ClF2O. The van der Waals surface area contributed by atoms with Crippen LogP contribution in [0.1, 0.15) is 11.1 Å². The summed E-state index contributed by atoms with van der Waals surface area (Å²) in [4.78, 5) is 0. The lowest BCUT2D eigenvalue weighted by Crippen LogP contribution is -1.98. The topological polar surface area (TPSA) is 9.23 Å². The van der Waals surface area contributed by atoms with Gasteiger partial charge in [0.1, 0.15) is 24.0 Å². The second kappa shape index (κ2) is 5.36. The summed E-state index contributed by atoms with van der Waals surface area (Å²) >= 11 is 5.58. The highest BCUT2D eigenvalue weighted by molar-refractivity contribution is 6.30. The van der Waals surface area contributed by atoms with E-state index in [1.165, 1.54) is 24.3 Å². The molecule has 2 aromatic rings. The van der Waals surface area contributed by atoms with E-state index >= 15 is 0 Å². The van der Waals surface area contributed by atoms with Gasteiger partial charge in [0.25, 0.3) is 0 Å². The highest BCUT2D eigenvalue weighted by Crippen LogP contribution is 2.21. The van der Waals surface area contributed by atoms with Crippen LogP contribution in [0.2, 0.25) is 5.02 Å². The molecule has 2 rings (SSSR count). The SMILES string of the molecule is Cc1cc(F)ccc1OCc1ccc(Cl)c(F)c1. The summed E-state index contributed by atoms with van der Waals surface area (Å²) in [5.41, 5.74) is 1.37. The fraction of sp³-hybridized carbons (Fsp3) is 0.143. The van der Waals surface area contributed by atoms with E-state index in [9.17, 15) is 8.78 Å². The van der Waals surface area contributed by atoms with Crippen molar-refractivity contribution in [3.63, 3.8) is 0 Å². The summed E-state index contributed by atoms with van der Waals surface area (Å²) in [5.74, 6) is -0.210. The minimum atomic E-state index is -0.478. The lowest BCUT2D eigenvalue weighted by atomic mass is 10.2. The lowest BCUT2D eigenvalue weighted by molar-refractivity contribution is 0.303. The van der Waals surface area contributed by atoms with Crippen LogP contribution in [0.15, 0.2) is 36.4 Å². The smallest absolute Gasteiger partial charge is 0.142 e. The average molecular weight is 269 g/mol. The van der Waals surface area contributed by atoms with Gasteiger partial charge in [0, 0.05) is 0 Å². The van der Waals surface area contributed by atoms with Crippen molar-refractivity contribution in [1.82, 2.24) is 0 Å². The second-order valence-electron chi connectivity index (χ2n) is 3.95. The van der Waals surface area contributed by atoms with Gasteiger partial charge in [-0.25, -0.2) is 8.78 Å². The highest BCUT2D eigenvalue weighted by Gasteiger charge is 2.04. The molecule has 0 spiro atoms. The van der Waals surface area contributed by atoms with E-state index in [1.54, 1.807) is 19.1 Å². The maximum Gasteiger partial charge on any atom is 0.142 e. The maximum absolute atomic E-state index is 13.2. The van der Waals surface area contributed by atoms with E-state index in [0.29, 0.717) is 16.9 Å². The number of hydrogen-bond acceptors (Lipinski definition) is 1. The normalized spacial score (nSPS) is 10.4. The quantitative estimate of drug-likeness (QED) is 0.796. The summed E-state index contributed by atoms with van der Waals surface area (Å²) in [7, 11) is 0. The number of benzene rings is 2. The second-order valence-corrected chi connectivity index (χ2v) is 4.35. The molecule has 0 aromatic heterocycles. The fourth-order valence-electron chi connectivity index (χ4n) is 1.57. The van der Waals surface area contributed by atoms with Gasteiger partial charge in [0.05, 0.1) is 5.02 Å².